The Hall–Kier alpha value is -3.32. The maximum Gasteiger partial charge on any atom is 0.335 e. The molecule has 0 aliphatic carbocycles. The van der Waals surface area contributed by atoms with Crippen molar-refractivity contribution >= 4 is 52.2 Å². The Bertz CT molecular complexity index is 1120. The highest BCUT2D eigenvalue weighted by Crippen LogP contribution is 2.35. The van der Waals surface area contributed by atoms with Crippen LogP contribution in [0.3, 0.4) is 0 Å². The molecule has 0 atom stereocenters. The molecule has 0 bridgehead atoms. The average Bonchev–Trinajstić information content (AvgIpc) is 2.72. The molecule has 2 aromatic carbocycles. The number of benzene rings is 2. The molecule has 0 saturated carbocycles. The third-order valence-electron chi connectivity index (χ3n) is 4.34. The maximum atomic E-state index is 13.0. The van der Waals surface area contributed by atoms with E-state index in [0.29, 0.717) is 32.9 Å². The molecule has 3 rings (SSSR count). The third kappa shape index (κ3) is 4.88. The number of carbonyl (C=O) groups is 3. The smallest absolute Gasteiger partial charge is 0.335 e. The summed E-state index contributed by atoms with van der Waals surface area (Å²) in [6, 6.07) is 9.44. The van der Waals surface area contributed by atoms with Crippen LogP contribution in [0.2, 0.25) is 0 Å². The minimum Gasteiger partial charge on any atom is -0.490 e. The number of carbonyl (C=O) groups excluding carboxylic acids is 3. The van der Waals surface area contributed by atoms with E-state index >= 15 is 0 Å². The number of hydrogen-bond donors (Lipinski definition) is 1. The number of barbiturate groups is 1. The second-order valence-corrected chi connectivity index (χ2v) is 7.71. The Labute approximate surface area is 193 Å². The molecule has 1 aliphatic rings. The number of anilines is 1. The van der Waals surface area contributed by atoms with Gasteiger partial charge in [-0.05, 0) is 72.3 Å². The molecule has 0 unspecified atom stereocenters. The lowest BCUT2D eigenvalue weighted by Crippen LogP contribution is -2.54. The van der Waals surface area contributed by atoms with E-state index in [0.717, 1.165) is 10.5 Å². The fraction of sp³-hybridized carbons (Fsp3) is 0.174. The molecule has 1 heterocycles. The second kappa shape index (κ2) is 9.66. The number of halogens is 1. The Morgan fingerprint density at radius 1 is 1.16 bits per heavy atom. The standard InChI is InChI=1S/C23H19IN2O5/c1-4-10-31-20-18(24)12-15(13-19(20)30-5-2)11-17-21(27)25-23(29)26(22(17)28)16-8-6-14(3)7-9-16/h1,6-9,11-13H,5,10H2,2-3H3,(H,25,27,29)/b17-11+. The van der Waals surface area contributed by atoms with Gasteiger partial charge in [-0.1, -0.05) is 23.6 Å². The lowest BCUT2D eigenvalue weighted by atomic mass is 10.1. The molecule has 1 saturated heterocycles. The van der Waals surface area contributed by atoms with Crippen molar-refractivity contribution in [2.45, 2.75) is 13.8 Å². The fourth-order valence-electron chi connectivity index (χ4n) is 2.94. The monoisotopic (exact) mass is 530 g/mol. The second-order valence-electron chi connectivity index (χ2n) is 6.55. The first-order chi connectivity index (χ1) is 14.8. The number of nitrogens with one attached hydrogen (secondary N) is 1. The van der Waals surface area contributed by atoms with Crippen LogP contribution in [-0.2, 0) is 9.59 Å². The zero-order chi connectivity index (χ0) is 22.5. The van der Waals surface area contributed by atoms with E-state index in [4.69, 9.17) is 15.9 Å². The Morgan fingerprint density at radius 2 is 1.87 bits per heavy atom. The molecule has 2 aromatic rings. The van der Waals surface area contributed by atoms with Crippen LogP contribution >= 0.6 is 22.6 Å². The van der Waals surface area contributed by atoms with Gasteiger partial charge < -0.3 is 9.47 Å². The Balaban J connectivity index is 2.02. The molecule has 0 spiro atoms. The third-order valence-corrected chi connectivity index (χ3v) is 5.14. The van der Waals surface area contributed by atoms with Gasteiger partial charge in [0.05, 0.1) is 15.9 Å². The summed E-state index contributed by atoms with van der Waals surface area (Å²) in [4.78, 5) is 38.7. The van der Waals surface area contributed by atoms with Crippen LogP contribution in [0.4, 0.5) is 10.5 Å². The molecular weight excluding hydrogens is 511 g/mol. The first-order valence-corrected chi connectivity index (χ1v) is 10.4. The van der Waals surface area contributed by atoms with Crippen LogP contribution in [-0.4, -0.2) is 31.1 Å². The molecule has 1 N–H and O–H groups in total. The molecule has 158 valence electrons. The van der Waals surface area contributed by atoms with Crippen molar-refractivity contribution < 1.29 is 23.9 Å². The molecule has 7 nitrogen and oxygen atoms in total. The van der Waals surface area contributed by atoms with E-state index in [1.54, 1.807) is 36.4 Å². The number of nitrogens with zero attached hydrogens (tertiary/aromatic N) is 1. The van der Waals surface area contributed by atoms with E-state index in [2.05, 4.69) is 33.8 Å². The summed E-state index contributed by atoms with van der Waals surface area (Å²) in [5, 5.41) is 2.22. The largest absolute Gasteiger partial charge is 0.490 e. The minimum absolute atomic E-state index is 0.0744. The van der Waals surface area contributed by atoms with Crippen molar-refractivity contribution in [1.82, 2.24) is 5.32 Å². The predicted molar refractivity (Wildman–Crippen MR) is 125 cm³/mol. The van der Waals surface area contributed by atoms with Crippen LogP contribution in [0.5, 0.6) is 11.5 Å². The van der Waals surface area contributed by atoms with Gasteiger partial charge in [0.1, 0.15) is 12.2 Å². The van der Waals surface area contributed by atoms with Crippen molar-refractivity contribution in [2.24, 2.45) is 0 Å². The van der Waals surface area contributed by atoms with Crippen LogP contribution in [0.25, 0.3) is 6.08 Å². The highest BCUT2D eigenvalue weighted by molar-refractivity contribution is 14.1. The van der Waals surface area contributed by atoms with Gasteiger partial charge in [0.2, 0.25) is 0 Å². The predicted octanol–water partition coefficient (Wildman–Crippen LogP) is 3.68. The summed E-state index contributed by atoms with van der Waals surface area (Å²) < 4.78 is 11.9. The van der Waals surface area contributed by atoms with Crippen LogP contribution < -0.4 is 19.7 Å². The molecule has 0 radical (unpaired) electrons. The van der Waals surface area contributed by atoms with Crippen molar-refractivity contribution in [1.29, 1.82) is 0 Å². The summed E-state index contributed by atoms with van der Waals surface area (Å²) in [6.45, 7) is 4.18. The van der Waals surface area contributed by atoms with Gasteiger partial charge in [0, 0.05) is 0 Å². The first kappa shape index (κ1) is 22.4. The quantitative estimate of drug-likeness (QED) is 0.267. The lowest BCUT2D eigenvalue weighted by molar-refractivity contribution is -0.122. The van der Waals surface area contributed by atoms with Crippen molar-refractivity contribution in [3.63, 3.8) is 0 Å². The van der Waals surface area contributed by atoms with Gasteiger partial charge >= 0.3 is 6.03 Å². The number of hydrogen-bond acceptors (Lipinski definition) is 5. The number of terminal acetylenes is 1. The number of amides is 4. The Kier molecular flexibility index (Phi) is 6.97. The van der Waals surface area contributed by atoms with Gasteiger partial charge in [0.15, 0.2) is 11.5 Å². The highest BCUT2D eigenvalue weighted by Gasteiger charge is 2.36. The maximum absolute atomic E-state index is 13.0. The number of aryl methyl sites for hydroxylation is 1. The number of rotatable bonds is 6. The van der Waals surface area contributed by atoms with Crippen LogP contribution in [0.1, 0.15) is 18.1 Å². The van der Waals surface area contributed by atoms with Crippen molar-refractivity contribution in [3.8, 4) is 23.8 Å². The number of urea groups is 1. The van der Waals surface area contributed by atoms with Gasteiger partial charge in [-0.25, -0.2) is 9.69 Å². The summed E-state index contributed by atoms with van der Waals surface area (Å²) in [6.07, 6.45) is 6.69. The van der Waals surface area contributed by atoms with Gasteiger partial charge in [-0.2, -0.15) is 0 Å². The molecular formula is C23H19IN2O5. The highest BCUT2D eigenvalue weighted by atomic mass is 127. The molecule has 8 heteroatoms. The topological polar surface area (TPSA) is 84.9 Å². The summed E-state index contributed by atoms with van der Waals surface area (Å²) in [5.74, 6) is 1.85. The van der Waals surface area contributed by atoms with E-state index < -0.39 is 17.8 Å². The summed E-state index contributed by atoms with van der Waals surface area (Å²) in [7, 11) is 0. The molecule has 1 fully saturated rings. The number of ether oxygens (including phenoxy) is 2. The first-order valence-electron chi connectivity index (χ1n) is 9.36. The van der Waals surface area contributed by atoms with Gasteiger partial charge in [0.25, 0.3) is 11.8 Å². The zero-order valence-corrected chi connectivity index (χ0v) is 19.1. The molecule has 4 amide bonds. The van der Waals surface area contributed by atoms with E-state index in [9.17, 15) is 14.4 Å². The molecule has 31 heavy (non-hydrogen) atoms. The Morgan fingerprint density at radius 3 is 2.52 bits per heavy atom. The minimum atomic E-state index is -0.793. The summed E-state index contributed by atoms with van der Waals surface area (Å²) >= 11 is 2.06. The van der Waals surface area contributed by atoms with Gasteiger partial charge in [-0.15, -0.1) is 6.42 Å². The molecule has 1 aliphatic heterocycles. The SMILES string of the molecule is C#CCOc1c(I)cc(/C=C2\C(=O)NC(=O)N(c3ccc(C)cc3)C2=O)cc1OCC. The average molecular weight is 530 g/mol. The normalized spacial score (nSPS) is 15.0. The zero-order valence-electron chi connectivity index (χ0n) is 16.9. The lowest BCUT2D eigenvalue weighted by Gasteiger charge is -2.26. The number of imide groups is 2. The van der Waals surface area contributed by atoms with Crippen LogP contribution in [0.15, 0.2) is 42.0 Å². The fourth-order valence-corrected chi connectivity index (χ4v) is 3.72. The van der Waals surface area contributed by atoms with Crippen molar-refractivity contribution in [2.75, 3.05) is 18.1 Å². The van der Waals surface area contributed by atoms with Gasteiger partial charge in [-0.3, -0.25) is 14.9 Å². The van der Waals surface area contributed by atoms with E-state index in [-0.39, 0.29) is 12.2 Å². The van der Waals surface area contributed by atoms with E-state index in [1.807, 2.05) is 13.8 Å². The van der Waals surface area contributed by atoms with Crippen molar-refractivity contribution in [3.05, 3.63) is 56.7 Å². The summed E-state index contributed by atoms with van der Waals surface area (Å²) in [5.41, 5.74) is 1.72. The van der Waals surface area contributed by atoms with Crippen LogP contribution in [0, 0.1) is 22.8 Å². The van der Waals surface area contributed by atoms with E-state index in [1.165, 1.54) is 6.08 Å². The molecule has 0 aromatic heterocycles.